The fourth-order valence-electron chi connectivity index (χ4n) is 1.88. The van der Waals surface area contributed by atoms with Gasteiger partial charge < -0.3 is 10.4 Å². The number of carbonyl (C=O) groups excluding carboxylic acids is 1. The van der Waals surface area contributed by atoms with Gasteiger partial charge >= 0.3 is 0 Å². The highest BCUT2D eigenvalue weighted by Gasteiger charge is 2.03. The quantitative estimate of drug-likeness (QED) is 0.868. The first-order valence-corrected chi connectivity index (χ1v) is 5.78. The van der Waals surface area contributed by atoms with Gasteiger partial charge in [0.2, 0.25) is 5.91 Å². The minimum atomic E-state index is -0.147. The maximum atomic E-state index is 11.0. The lowest BCUT2D eigenvalue weighted by Crippen LogP contribution is -2.06. The largest absolute Gasteiger partial charge is 0.508 e. The third-order valence-electron chi connectivity index (χ3n) is 2.55. The topological polar surface area (TPSA) is 49.3 Å². The van der Waals surface area contributed by atoms with E-state index in [4.69, 9.17) is 0 Å². The van der Waals surface area contributed by atoms with E-state index in [1.807, 2.05) is 36.4 Å². The summed E-state index contributed by atoms with van der Waals surface area (Å²) in [5.74, 6) is 0.0124. The summed E-state index contributed by atoms with van der Waals surface area (Å²) in [4.78, 5) is 11.0. The van der Waals surface area contributed by atoms with Crippen molar-refractivity contribution in [3.63, 3.8) is 0 Å². The standard InChI is InChI=1S/C15H15NO2/c1-11(17)16-14-8-13(9-15(18)10-14)7-12-5-3-2-4-6-12/h2-6,8-10,18H,7H2,1H3,(H,16,17). The lowest BCUT2D eigenvalue weighted by atomic mass is 10.0. The summed E-state index contributed by atoms with van der Waals surface area (Å²) in [5, 5.41) is 12.3. The Morgan fingerprint density at radius 1 is 1.11 bits per heavy atom. The normalized spacial score (nSPS) is 10.1. The van der Waals surface area contributed by atoms with Crippen LogP contribution in [0.1, 0.15) is 18.1 Å². The van der Waals surface area contributed by atoms with Crippen LogP contribution in [0.5, 0.6) is 5.75 Å². The van der Waals surface area contributed by atoms with Gasteiger partial charge in [-0.15, -0.1) is 0 Å². The van der Waals surface area contributed by atoms with Crippen LogP contribution in [-0.4, -0.2) is 11.0 Å². The number of phenolic OH excluding ortho intramolecular Hbond substituents is 1. The van der Waals surface area contributed by atoms with Crippen LogP contribution < -0.4 is 5.32 Å². The van der Waals surface area contributed by atoms with E-state index in [0.717, 1.165) is 17.5 Å². The van der Waals surface area contributed by atoms with Crippen molar-refractivity contribution in [2.45, 2.75) is 13.3 Å². The molecule has 0 unspecified atom stereocenters. The molecule has 3 heteroatoms. The van der Waals surface area contributed by atoms with E-state index in [-0.39, 0.29) is 11.7 Å². The Morgan fingerprint density at radius 2 is 1.83 bits per heavy atom. The van der Waals surface area contributed by atoms with Gasteiger partial charge in [0.1, 0.15) is 5.75 Å². The van der Waals surface area contributed by atoms with E-state index in [0.29, 0.717) is 5.69 Å². The van der Waals surface area contributed by atoms with Crippen LogP contribution in [0.4, 0.5) is 5.69 Å². The predicted octanol–water partition coefficient (Wildman–Crippen LogP) is 2.94. The molecule has 3 nitrogen and oxygen atoms in total. The molecule has 2 rings (SSSR count). The monoisotopic (exact) mass is 241 g/mol. The van der Waals surface area contributed by atoms with Crippen molar-refractivity contribution in [2.24, 2.45) is 0 Å². The molecule has 0 aliphatic carbocycles. The van der Waals surface area contributed by atoms with Crippen molar-refractivity contribution < 1.29 is 9.90 Å². The van der Waals surface area contributed by atoms with Crippen molar-refractivity contribution in [1.29, 1.82) is 0 Å². The smallest absolute Gasteiger partial charge is 0.221 e. The number of amides is 1. The molecule has 0 saturated heterocycles. The van der Waals surface area contributed by atoms with E-state index in [2.05, 4.69) is 5.32 Å². The molecular formula is C15H15NO2. The lowest BCUT2D eigenvalue weighted by Gasteiger charge is -2.07. The zero-order valence-corrected chi connectivity index (χ0v) is 10.2. The van der Waals surface area contributed by atoms with Crippen LogP contribution in [0.25, 0.3) is 0 Å². The molecule has 0 bridgehead atoms. The second-order valence-corrected chi connectivity index (χ2v) is 4.23. The van der Waals surface area contributed by atoms with Crippen molar-refractivity contribution in [3.8, 4) is 5.75 Å². The summed E-state index contributed by atoms with van der Waals surface area (Å²) in [6.07, 6.45) is 0.724. The fraction of sp³-hybridized carbons (Fsp3) is 0.133. The van der Waals surface area contributed by atoms with E-state index in [1.54, 1.807) is 6.07 Å². The van der Waals surface area contributed by atoms with Crippen LogP contribution in [0.15, 0.2) is 48.5 Å². The minimum Gasteiger partial charge on any atom is -0.508 e. The first kappa shape index (κ1) is 12.2. The Bertz CT molecular complexity index is 550. The van der Waals surface area contributed by atoms with E-state index >= 15 is 0 Å². The summed E-state index contributed by atoms with van der Waals surface area (Å²) in [5.41, 5.74) is 2.75. The molecule has 0 heterocycles. The summed E-state index contributed by atoms with van der Waals surface area (Å²) < 4.78 is 0. The molecule has 0 aliphatic rings. The number of phenols is 1. The first-order valence-electron chi connectivity index (χ1n) is 5.78. The van der Waals surface area contributed by atoms with E-state index in [1.165, 1.54) is 13.0 Å². The second kappa shape index (κ2) is 5.36. The summed E-state index contributed by atoms with van der Waals surface area (Å²) >= 11 is 0. The maximum absolute atomic E-state index is 11.0. The Morgan fingerprint density at radius 3 is 2.50 bits per heavy atom. The SMILES string of the molecule is CC(=O)Nc1cc(O)cc(Cc2ccccc2)c1. The third-order valence-corrected chi connectivity index (χ3v) is 2.55. The van der Waals surface area contributed by atoms with Gasteiger partial charge in [0, 0.05) is 18.7 Å². The molecule has 0 spiro atoms. The molecule has 0 fully saturated rings. The van der Waals surface area contributed by atoms with Gasteiger partial charge in [-0.1, -0.05) is 30.3 Å². The van der Waals surface area contributed by atoms with Gasteiger partial charge in [-0.05, 0) is 29.7 Å². The van der Waals surface area contributed by atoms with E-state index in [9.17, 15) is 9.90 Å². The van der Waals surface area contributed by atoms with Gasteiger partial charge in [0.15, 0.2) is 0 Å². The highest BCUT2D eigenvalue weighted by Crippen LogP contribution is 2.21. The van der Waals surface area contributed by atoms with Crippen molar-refractivity contribution >= 4 is 11.6 Å². The van der Waals surface area contributed by atoms with Crippen LogP contribution >= 0.6 is 0 Å². The Hall–Kier alpha value is -2.29. The molecular weight excluding hydrogens is 226 g/mol. The fourth-order valence-corrected chi connectivity index (χ4v) is 1.88. The molecule has 18 heavy (non-hydrogen) atoms. The number of hydrogen-bond donors (Lipinski definition) is 2. The van der Waals surface area contributed by atoms with Gasteiger partial charge in [0.25, 0.3) is 0 Å². The van der Waals surface area contributed by atoms with Crippen molar-refractivity contribution in [1.82, 2.24) is 0 Å². The van der Waals surface area contributed by atoms with Crippen LogP contribution in [0.2, 0.25) is 0 Å². The number of carbonyl (C=O) groups is 1. The third kappa shape index (κ3) is 3.35. The maximum Gasteiger partial charge on any atom is 0.221 e. The average molecular weight is 241 g/mol. The zero-order chi connectivity index (χ0) is 13.0. The second-order valence-electron chi connectivity index (χ2n) is 4.23. The van der Waals surface area contributed by atoms with E-state index < -0.39 is 0 Å². The highest BCUT2D eigenvalue weighted by molar-refractivity contribution is 5.89. The molecule has 0 aliphatic heterocycles. The van der Waals surface area contributed by atoms with Gasteiger partial charge in [0.05, 0.1) is 0 Å². The van der Waals surface area contributed by atoms with Crippen molar-refractivity contribution in [2.75, 3.05) is 5.32 Å². The number of benzene rings is 2. The Labute approximate surface area is 106 Å². The summed E-state index contributed by atoms with van der Waals surface area (Å²) in [7, 11) is 0. The molecule has 0 saturated carbocycles. The molecule has 0 radical (unpaired) electrons. The number of anilines is 1. The molecule has 92 valence electrons. The molecule has 2 aromatic carbocycles. The van der Waals surface area contributed by atoms with Crippen molar-refractivity contribution in [3.05, 3.63) is 59.7 Å². The molecule has 0 aromatic heterocycles. The number of aromatic hydroxyl groups is 1. The molecule has 2 aromatic rings. The number of rotatable bonds is 3. The number of nitrogens with one attached hydrogen (secondary N) is 1. The van der Waals surface area contributed by atoms with Gasteiger partial charge in [-0.3, -0.25) is 4.79 Å². The minimum absolute atomic E-state index is 0.147. The van der Waals surface area contributed by atoms with Gasteiger partial charge in [-0.2, -0.15) is 0 Å². The summed E-state index contributed by atoms with van der Waals surface area (Å²) in [6, 6.07) is 15.1. The highest BCUT2D eigenvalue weighted by atomic mass is 16.3. The average Bonchev–Trinajstić information content (AvgIpc) is 2.28. The molecule has 1 amide bonds. The Balaban J connectivity index is 2.23. The predicted molar refractivity (Wildman–Crippen MR) is 71.7 cm³/mol. The zero-order valence-electron chi connectivity index (χ0n) is 10.2. The summed E-state index contributed by atoms with van der Waals surface area (Å²) in [6.45, 7) is 1.45. The number of hydrogen-bond acceptors (Lipinski definition) is 2. The first-order chi connectivity index (χ1) is 8.63. The Kier molecular flexibility index (Phi) is 3.63. The van der Waals surface area contributed by atoms with Crippen LogP contribution in [-0.2, 0) is 11.2 Å². The van der Waals surface area contributed by atoms with Gasteiger partial charge in [-0.25, -0.2) is 0 Å². The molecule has 0 atom stereocenters. The van der Waals surface area contributed by atoms with Crippen LogP contribution in [0.3, 0.4) is 0 Å². The molecule has 2 N–H and O–H groups in total. The van der Waals surface area contributed by atoms with Crippen LogP contribution in [0, 0.1) is 0 Å². The lowest BCUT2D eigenvalue weighted by molar-refractivity contribution is -0.114.